The molecule has 118 valence electrons. The molecule has 0 radical (unpaired) electrons. The molecule has 0 saturated heterocycles. The molecular weight excluding hydrogens is 288 g/mol. The Bertz CT molecular complexity index is 424. The van der Waals surface area contributed by atoms with Crippen LogP contribution < -0.4 is 11.1 Å². The summed E-state index contributed by atoms with van der Waals surface area (Å²) in [7, 11) is 1.59. The largest absolute Gasteiger partial charge is 0.380 e. The molecule has 1 aromatic carbocycles. The van der Waals surface area contributed by atoms with Crippen LogP contribution >= 0.6 is 12.4 Å². The number of ether oxygens (including phenoxy) is 1. The highest BCUT2D eigenvalue weighted by Crippen LogP contribution is 2.34. The Morgan fingerprint density at radius 2 is 2.10 bits per heavy atom. The Morgan fingerprint density at radius 3 is 2.71 bits per heavy atom. The van der Waals surface area contributed by atoms with Crippen molar-refractivity contribution < 1.29 is 9.53 Å². The van der Waals surface area contributed by atoms with E-state index >= 15 is 0 Å². The summed E-state index contributed by atoms with van der Waals surface area (Å²) in [5.74, 6) is 0.467. The molecule has 0 bridgehead atoms. The predicted molar refractivity (Wildman–Crippen MR) is 86.7 cm³/mol. The fourth-order valence-corrected chi connectivity index (χ4v) is 2.97. The first-order chi connectivity index (χ1) is 9.74. The van der Waals surface area contributed by atoms with Gasteiger partial charge in [0, 0.05) is 25.6 Å². The summed E-state index contributed by atoms with van der Waals surface area (Å²) in [4.78, 5) is 12.1. The lowest BCUT2D eigenvalue weighted by atomic mass is 9.94. The van der Waals surface area contributed by atoms with Gasteiger partial charge in [-0.05, 0) is 18.4 Å². The van der Waals surface area contributed by atoms with E-state index in [9.17, 15) is 4.79 Å². The van der Waals surface area contributed by atoms with Gasteiger partial charge in [0.1, 0.15) is 0 Å². The van der Waals surface area contributed by atoms with Gasteiger partial charge in [-0.2, -0.15) is 0 Å². The first-order valence-electron chi connectivity index (χ1n) is 7.31. The maximum Gasteiger partial charge on any atom is 0.222 e. The van der Waals surface area contributed by atoms with Gasteiger partial charge < -0.3 is 15.8 Å². The minimum absolute atomic E-state index is 0. The van der Waals surface area contributed by atoms with Gasteiger partial charge in [-0.15, -0.1) is 12.4 Å². The predicted octanol–water partition coefficient (Wildman–Crippen LogP) is 2.22. The number of carbonyl (C=O) groups is 1. The van der Waals surface area contributed by atoms with E-state index in [-0.39, 0.29) is 30.5 Å². The van der Waals surface area contributed by atoms with E-state index in [2.05, 4.69) is 29.6 Å². The molecule has 4 nitrogen and oxygen atoms in total. The van der Waals surface area contributed by atoms with Crippen molar-refractivity contribution in [3.63, 3.8) is 0 Å². The van der Waals surface area contributed by atoms with Crippen molar-refractivity contribution in [2.24, 2.45) is 5.73 Å². The minimum atomic E-state index is -0.188. The first kappa shape index (κ1) is 18.0. The van der Waals surface area contributed by atoms with Crippen LogP contribution in [0.3, 0.4) is 0 Å². The number of hydrogen-bond acceptors (Lipinski definition) is 3. The van der Waals surface area contributed by atoms with E-state index in [1.165, 1.54) is 5.56 Å². The standard InChI is InChI=1S/C16H24N2O2.ClH/c1-20-13(11-17)10-16(19)18-15-9-5-8-14(15)12-6-3-2-4-7-12;/h2-4,6-7,13-15H,5,8-11,17H2,1H3,(H,18,19);1H. The number of rotatable bonds is 6. The van der Waals surface area contributed by atoms with Gasteiger partial charge in [0.05, 0.1) is 12.5 Å². The van der Waals surface area contributed by atoms with Gasteiger partial charge in [0.25, 0.3) is 0 Å². The van der Waals surface area contributed by atoms with Crippen LogP contribution in [0.1, 0.15) is 37.2 Å². The lowest BCUT2D eigenvalue weighted by Gasteiger charge is -2.22. The van der Waals surface area contributed by atoms with E-state index < -0.39 is 0 Å². The fourth-order valence-electron chi connectivity index (χ4n) is 2.97. The van der Waals surface area contributed by atoms with Gasteiger partial charge in [-0.25, -0.2) is 0 Å². The van der Waals surface area contributed by atoms with Crippen LogP contribution in [0, 0.1) is 0 Å². The Balaban J connectivity index is 0.00000220. The van der Waals surface area contributed by atoms with Gasteiger partial charge >= 0.3 is 0 Å². The van der Waals surface area contributed by atoms with Crippen LogP contribution in [0.2, 0.25) is 0 Å². The number of halogens is 1. The van der Waals surface area contributed by atoms with E-state index in [1.807, 2.05) is 6.07 Å². The summed E-state index contributed by atoms with van der Waals surface area (Å²) in [6.07, 6.45) is 3.50. The number of methoxy groups -OCH3 is 1. The molecule has 1 saturated carbocycles. The van der Waals surface area contributed by atoms with Crippen molar-refractivity contribution in [3.8, 4) is 0 Å². The average Bonchev–Trinajstić information content (AvgIpc) is 2.93. The van der Waals surface area contributed by atoms with Crippen molar-refractivity contribution in [2.45, 2.75) is 43.7 Å². The fraction of sp³-hybridized carbons (Fsp3) is 0.562. The number of benzene rings is 1. The Labute approximate surface area is 132 Å². The monoisotopic (exact) mass is 312 g/mol. The number of amides is 1. The Kier molecular flexibility index (Phi) is 7.72. The van der Waals surface area contributed by atoms with Crippen LogP contribution in [0.4, 0.5) is 0 Å². The van der Waals surface area contributed by atoms with Crippen molar-refractivity contribution in [1.29, 1.82) is 0 Å². The van der Waals surface area contributed by atoms with Crippen LogP contribution in [0.5, 0.6) is 0 Å². The second-order valence-electron chi connectivity index (χ2n) is 5.42. The Morgan fingerprint density at radius 1 is 1.38 bits per heavy atom. The Hall–Kier alpha value is -1.10. The molecule has 1 aromatic rings. The molecule has 0 heterocycles. The lowest BCUT2D eigenvalue weighted by Crippen LogP contribution is -2.39. The highest BCUT2D eigenvalue weighted by molar-refractivity contribution is 5.85. The third kappa shape index (κ3) is 4.99. The zero-order valence-electron chi connectivity index (χ0n) is 12.5. The zero-order valence-corrected chi connectivity index (χ0v) is 13.3. The topological polar surface area (TPSA) is 64.3 Å². The number of nitrogens with one attached hydrogen (secondary N) is 1. The number of nitrogens with two attached hydrogens (primary N) is 1. The molecule has 3 N–H and O–H groups in total. The first-order valence-corrected chi connectivity index (χ1v) is 7.31. The molecule has 1 aliphatic carbocycles. The molecule has 0 aromatic heterocycles. The zero-order chi connectivity index (χ0) is 14.4. The molecule has 1 amide bonds. The van der Waals surface area contributed by atoms with Gasteiger partial charge in [0.2, 0.25) is 5.91 Å². The summed E-state index contributed by atoms with van der Waals surface area (Å²) < 4.78 is 5.16. The van der Waals surface area contributed by atoms with Crippen LogP contribution in [0.15, 0.2) is 30.3 Å². The van der Waals surface area contributed by atoms with E-state index in [0.717, 1.165) is 19.3 Å². The van der Waals surface area contributed by atoms with Gasteiger partial charge in [0.15, 0.2) is 0 Å². The lowest BCUT2D eigenvalue weighted by molar-refractivity contribution is -0.124. The van der Waals surface area contributed by atoms with Crippen LogP contribution in [-0.2, 0) is 9.53 Å². The summed E-state index contributed by atoms with van der Waals surface area (Å²) in [5.41, 5.74) is 6.87. The quantitative estimate of drug-likeness (QED) is 0.846. The van der Waals surface area contributed by atoms with Gasteiger partial charge in [-0.3, -0.25) is 4.79 Å². The van der Waals surface area contributed by atoms with Crippen molar-refractivity contribution >= 4 is 18.3 Å². The molecule has 5 heteroatoms. The number of hydrogen-bond donors (Lipinski definition) is 2. The molecule has 0 spiro atoms. The molecule has 2 rings (SSSR count). The maximum absolute atomic E-state index is 12.1. The second kappa shape index (κ2) is 9.03. The molecule has 21 heavy (non-hydrogen) atoms. The normalized spacial score (nSPS) is 22.4. The smallest absolute Gasteiger partial charge is 0.222 e. The van der Waals surface area contributed by atoms with E-state index in [1.54, 1.807) is 7.11 Å². The molecular formula is C16H25ClN2O2. The van der Waals surface area contributed by atoms with Crippen LogP contribution in [0.25, 0.3) is 0 Å². The highest BCUT2D eigenvalue weighted by atomic mass is 35.5. The van der Waals surface area contributed by atoms with Crippen LogP contribution in [-0.4, -0.2) is 31.7 Å². The molecule has 1 fully saturated rings. The third-order valence-electron chi connectivity index (χ3n) is 4.10. The van der Waals surface area contributed by atoms with Crippen molar-refractivity contribution in [3.05, 3.63) is 35.9 Å². The summed E-state index contributed by atoms with van der Waals surface area (Å²) in [5, 5.41) is 3.15. The third-order valence-corrected chi connectivity index (χ3v) is 4.10. The summed E-state index contributed by atoms with van der Waals surface area (Å²) in [6, 6.07) is 10.7. The summed E-state index contributed by atoms with van der Waals surface area (Å²) >= 11 is 0. The second-order valence-corrected chi connectivity index (χ2v) is 5.42. The van der Waals surface area contributed by atoms with E-state index in [0.29, 0.717) is 18.9 Å². The highest BCUT2D eigenvalue weighted by Gasteiger charge is 2.29. The average molecular weight is 313 g/mol. The number of carbonyl (C=O) groups excluding carboxylic acids is 1. The van der Waals surface area contributed by atoms with Crippen molar-refractivity contribution in [2.75, 3.05) is 13.7 Å². The van der Waals surface area contributed by atoms with Gasteiger partial charge in [-0.1, -0.05) is 36.8 Å². The molecule has 3 unspecified atom stereocenters. The molecule has 1 aliphatic rings. The van der Waals surface area contributed by atoms with Crippen molar-refractivity contribution in [1.82, 2.24) is 5.32 Å². The maximum atomic E-state index is 12.1. The molecule has 3 atom stereocenters. The SMILES string of the molecule is COC(CN)CC(=O)NC1CCCC1c1ccccc1.Cl. The van der Waals surface area contributed by atoms with E-state index in [4.69, 9.17) is 10.5 Å². The summed E-state index contributed by atoms with van der Waals surface area (Å²) in [6.45, 7) is 0.372. The molecule has 0 aliphatic heterocycles. The minimum Gasteiger partial charge on any atom is -0.380 e.